The molecule has 0 saturated carbocycles. The summed E-state index contributed by atoms with van der Waals surface area (Å²) in [7, 11) is 0. The van der Waals surface area contributed by atoms with Gasteiger partial charge < -0.3 is 10.4 Å². The lowest BCUT2D eigenvalue weighted by atomic mass is 10.1. The summed E-state index contributed by atoms with van der Waals surface area (Å²) in [5.41, 5.74) is 0. The molecule has 0 bridgehead atoms. The number of carbonyl (C=O) groups excluding carboxylic acids is 1. The molecule has 3 nitrogen and oxygen atoms in total. The molecular weight excluding hydrogens is 272 g/mol. The number of nitrogens with one attached hydrogen (secondary N) is 1. The molecule has 0 aliphatic rings. The largest absolute Gasteiger partial charge is 0.369 e. The van der Waals surface area contributed by atoms with Crippen molar-refractivity contribution in [3.05, 3.63) is 0 Å². The third-order valence-electron chi connectivity index (χ3n) is 2.12. The second-order valence-electron chi connectivity index (χ2n) is 3.68. The van der Waals surface area contributed by atoms with Crippen molar-refractivity contribution in [1.29, 1.82) is 0 Å². The lowest BCUT2D eigenvalue weighted by molar-refractivity contribution is -0.124. The van der Waals surface area contributed by atoms with Crippen molar-refractivity contribution in [3.8, 4) is 0 Å². The summed E-state index contributed by atoms with van der Waals surface area (Å²) in [4.78, 5) is 11.3. The Balaban J connectivity index is 3.59. The number of aliphatic hydroxyl groups is 1. The highest BCUT2D eigenvalue weighted by atomic mass is 35.6. The van der Waals surface area contributed by atoms with E-state index in [1.165, 1.54) is 6.42 Å². The summed E-state index contributed by atoms with van der Waals surface area (Å²) < 4.78 is -1.88. The van der Waals surface area contributed by atoms with Crippen LogP contribution in [0.4, 0.5) is 0 Å². The van der Waals surface area contributed by atoms with Gasteiger partial charge in [0.15, 0.2) is 6.23 Å². The average Bonchev–Trinajstić information content (AvgIpc) is 2.16. The molecule has 0 aliphatic heterocycles. The van der Waals surface area contributed by atoms with Crippen LogP contribution in [0, 0.1) is 0 Å². The number of halogens is 3. The van der Waals surface area contributed by atoms with Crippen LogP contribution in [-0.2, 0) is 4.79 Å². The Bertz CT molecular complexity index is 207. The van der Waals surface area contributed by atoms with Gasteiger partial charge in [-0.05, 0) is 6.42 Å². The van der Waals surface area contributed by atoms with Crippen molar-refractivity contribution in [2.75, 3.05) is 0 Å². The maximum absolute atomic E-state index is 11.3. The van der Waals surface area contributed by atoms with E-state index in [0.29, 0.717) is 6.42 Å². The standard InChI is InChI=1S/C10H18Cl3NO2/c1-2-3-4-5-6-7-8(15)14-9(16)10(11,12)13/h9,16H,2-7H2,1H3,(H,14,15)/t9-/m0/s1. The minimum atomic E-state index is -1.88. The van der Waals surface area contributed by atoms with Crippen molar-refractivity contribution in [2.45, 2.75) is 55.5 Å². The molecule has 1 atom stereocenters. The highest BCUT2D eigenvalue weighted by Crippen LogP contribution is 2.28. The number of rotatable bonds is 7. The van der Waals surface area contributed by atoms with E-state index in [-0.39, 0.29) is 5.91 Å². The van der Waals surface area contributed by atoms with Crippen molar-refractivity contribution < 1.29 is 9.90 Å². The maximum Gasteiger partial charge on any atom is 0.234 e. The number of aliphatic hydroxyl groups excluding tert-OH is 1. The molecule has 0 spiro atoms. The molecule has 2 N–H and O–H groups in total. The molecule has 16 heavy (non-hydrogen) atoms. The summed E-state index contributed by atoms with van der Waals surface area (Å²) in [5, 5.41) is 11.5. The van der Waals surface area contributed by atoms with Gasteiger partial charge >= 0.3 is 0 Å². The number of amides is 1. The molecule has 0 rings (SSSR count). The second kappa shape index (κ2) is 8.40. The second-order valence-corrected chi connectivity index (χ2v) is 6.04. The van der Waals surface area contributed by atoms with Crippen molar-refractivity contribution in [1.82, 2.24) is 5.32 Å². The number of hydrogen-bond donors (Lipinski definition) is 2. The predicted molar refractivity (Wildman–Crippen MR) is 67.8 cm³/mol. The topological polar surface area (TPSA) is 49.3 Å². The van der Waals surface area contributed by atoms with Gasteiger partial charge in [0.1, 0.15) is 0 Å². The molecule has 0 aromatic heterocycles. The summed E-state index contributed by atoms with van der Waals surface area (Å²) in [5.74, 6) is -0.296. The van der Waals surface area contributed by atoms with Gasteiger partial charge in [-0.1, -0.05) is 67.4 Å². The van der Waals surface area contributed by atoms with Crippen LogP contribution in [0.5, 0.6) is 0 Å². The molecule has 0 aliphatic carbocycles. The summed E-state index contributed by atoms with van der Waals surface area (Å²) in [6, 6.07) is 0. The van der Waals surface area contributed by atoms with Gasteiger partial charge in [-0.15, -0.1) is 0 Å². The van der Waals surface area contributed by atoms with Crippen LogP contribution in [0.3, 0.4) is 0 Å². The quantitative estimate of drug-likeness (QED) is 0.430. The Morgan fingerprint density at radius 1 is 1.25 bits per heavy atom. The highest BCUT2D eigenvalue weighted by Gasteiger charge is 2.31. The van der Waals surface area contributed by atoms with Gasteiger partial charge in [-0.3, -0.25) is 4.79 Å². The number of unbranched alkanes of at least 4 members (excludes halogenated alkanes) is 4. The third-order valence-corrected chi connectivity index (χ3v) is 2.74. The van der Waals surface area contributed by atoms with Gasteiger partial charge in [0.05, 0.1) is 0 Å². The van der Waals surface area contributed by atoms with Gasteiger partial charge in [0, 0.05) is 6.42 Å². The zero-order valence-electron chi connectivity index (χ0n) is 9.31. The third kappa shape index (κ3) is 8.45. The van der Waals surface area contributed by atoms with Crippen LogP contribution >= 0.6 is 34.8 Å². The van der Waals surface area contributed by atoms with Crippen molar-refractivity contribution in [2.24, 2.45) is 0 Å². The minimum Gasteiger partial charge on any atom is -0.369 e. The molecule has 0 radical (unpaired) electrons. The first kappa shape index (κ1) is 16.3. The molecule has 0 saturated heterocycles. The van der Waals surface area contributed by atoms with Crippen LogP contribution in [0.15, 0.2) is 0 Å². The first-order valence-electron chi connectivity index (χ1n) is 5.42. The summed E-state index contributed by atoms with van der Waals surface area (Å²) in [6.45, 7) is 2.13. The molecule has 1 amide bonds. The van der Waals surface area contributed by atoms with E-state index in [2.05, 4.69) is 12.2 Å². The molecule has 0 fully saturated rings. The lowest BCUT2D eigenvalue weighted by Gasteiger charge is -2.19. The Morgan fingerprint density at radius 3 is 2.31 bits per heavy atom. The maximum atomic E-state index is 11.3. The zero-order valence-corrected chi connectivity index (χ0v) is 11.6. The first-order valence-corrected chi connectivity index (χ1v) is 6.55. The van der Waals surface area contributed by atoms with Crippen LogP contribution < -0.4 is 5.32 Å². The number of hydrogen-bond acceptors (Lipinski definition) is 2. The van der Waals surface area contributed by atoms with Gasteiger partial charge in [-0.2, -0.15) is 0 Å². The van der Waals surface area contributed by atoms with Gasteiger partial charge in [-0.25, -0.2) is 0 Å². The fraction of sp³-hybridized carbons (Fsp3) is 0.900. The average molecular weight is 291 g/mol. The Morgan fingerprint density at radius 2 is 1.81 bits per heavy atom. The summed E-state index contributed by atoms with van der Waals surface area (Å²) >= 11 is 16.2. The normalized spacial score (nSPS) is 13.6. The van der Waals surface area contributed by atoms with Crippen molar-refractivity contribution in [3.63, 3.8) is 0 Å². The van der Waals surface area contributed by atoms with E-state index < -0.39 is 10.0 Å². The Labute approximate surface area is 111 Å². The van der Waals surface area contributed by atoms with Crippen LogP contribution in [0.2, 0.25) is 0 Å². The SMILES string of the molecule is CCCCCCCC(=O)N[C@@H](O)C(Cl)(Cl)Cl. The van der Waals surface area contributed by atoms with Gasteiger partial charge in [0.2, 0.25) is 9.70 Å². The molecule has 6 heteroatoms. The van der Waals surface area contributed by atoms with E-state index >= 15 is 0 Å². The molecule has 0 unspecified atom stereocenters. The van der Waals surface area contributed by atoms with Crippen LogP contribution in [-0.4, -0.2) is 21.0 Å². The number of carbonyl (C=O) groups is 1. The fourth-order valence-electron chi connectivity index (χ4n) is 1.20. The highest BCUT2D eigenvalue weighted by molar-refractivity contribution is 6.68. The van der Waals surface area contributed by atoms with E-state index in [4.69, 9.17) is 34.8 Å². The zero-order chi connectivity index (χ0) is 12.6. The van der Waals surface area contributed by atoms with E-state index in [1.54, 1.807) is 0 Å². The predicted octanol–water partition coefficient (Wildman–Crippen LogP) is 3.15. The van der Waals surface area contributed by atoms with E-state index in [1.807, 2.05) is 0 Å². The number of alkyl halides is 3. The smallest absolute Gasteiger partial charge is 0.234 e. The molecule has 96 valence electrons. The lowest BCUT2D eigenvalue weighted by Crippen LogP contribution is -2.43. The monoisotopic (exact) mass is 289 g/mol. The Hall–Kier alpha value is 0.300. The van der Waals surface area contributed by atoms with Gasteiger partial charge in [0.25, 0.3) is 0 Å². The molecule has 0 aromatic rings. The molecular formula is C10H18Cl3NO2. The first-order chi connectivity index (χ1) is 7.38. The van der Waals surface area contributed by atoms with Crippen LogP contribution in [0.1, 0.15) is 45.4 Å². The Kier molecular flexibility index (Phi) is 8.56. The molecule has 0 aromatic carbocycles. The van der Waals surface area contributed by atoms with E-state index in [0.717, 1.165) is 25.7 Å². The minimum absolute atomic E-state index is 0.296. The van der Waals surface area contributed by atoms with Crippen molar-refractivity contribution >= 4 is 40.7 Å². The van der Waals surface area contributed by atoms with Crippen LogP contribution in [0.25, 0.3) is 0 Å². The fourth-order valence-corrected chi connectivity index (χ4v) is 1.36. The van der Waals surface area contributed by atoms with E-state index in [9.17, 15) is 9.90 Å². The molecule has 0 heterocycles. The summed E-state index contributed by atoms with van der Waals surface area (Å²) in [6.07, 6.45) is 4.15.